The van der Waals surface area contributed by atoms with Crippen LogP contribution in [0.5, 0.6) is 5.75 Å². The number of aromatic nitrogens is 1. The maximum Gasteiger partial charge on any atom is 0.267 e. The van der Waals surface area contributed by atoms with Crippen LogP contribution in [0.15, 0.2) is 40.0 Å². The topological polar surface area (TPSA) is 77.2 Å². The first kappa shape index (κ1) is 18.5. The average molecular weight is 383 g/mol. The zero-order chi connectivity index (χ0) is 19.5. The molecule has 7 nitrogen and oxygen atoms in total. The number of hydrogen-bond acceptors (Lipinski definition) is 6. The third-order valence-corrected chi connectivity index (χ3v) is 5.36. The number of aryl methyl sites for hydroxylation is 1. The Morgan fingerprint density at radius 2 is 2.14 bits per heavy atom. The van der Waals surface area contributed by atoms with E-state index in [-0.39, 0.29) is 11.9 Å². The molecule has 1 aromatic heterocycles. The summed E-state index contributed by atoms with van der Waals surface area (Å²) in [7, 11) is 1.63. The Labute approximate surface area is 164 Å². The van der Waals surface area contributed by atoms with Crippen LogP contribution in [0.25, 0.3) is 0 Å². The van der Waals surface area contributed by atoms with Gasteiger partial charge in [-0.2, -0.15) is 0 Å². The molecule has 2 unspecified atom stereocenters. The number of nitrogens with zero attached hydrogens (tertiary/aromatic N) is 3. The zero-order valence-corrected chi connectivity index (χ0v) is 16.3. The predicted octanol–water partition coefficient (Wildman–Crippen LogP) is 3.63. The number of benzene rings is 1. The van der Waals surface area contributed by atoms with Gasteiger partial charge in [-0.1, -0.05) is 35.3 Å². The van der Waals surface area contributed by atoms with E-state index in [1.807, 2.05) is 42.2 Å². The van der Waals surface area contributed by atoms with Gasteiger partial charge in [0.05, 0.1) is 24.6 Å². The van der Waals surface area contributed by atoms with Gasteiger partial charge in [0, 0.05) is 24.6 Å². The number of oxime groups is 1. The van der Waals surface area contributed by atoms with E-state index in [0.717, 1.165) is 54.2 Å². The molecule has 0 N–H and O–H groups in total. The second-order valence-corrected chi connectivity index (χ2v) is 7.34. The number of carbonyl (C=O) groups excluding carboxylic acids is 1. The van der Waals surface area contributed by atoms with E-state index >= 15 is 0 Å². The molecule has 0 aliphatic carbocycles. The Morgan fingerprint density at radius 3 is 2.93 bits per heavy atom. The predicted molar refractivity (Wildman–Crippen MR) is 103 cm³/mol. The fraction of sp³-hybridized carbons (Fsp3) is 0.476. The smallest absolute Gasteiger partial charge is 0.267 e. The lowest BCUT2D eigenvalue weighted by Gasteiger charge is -2.29. The van der Waals surface area contributed by atoms with Crippen molar-refractivity contribution in [1.29, 1.82) is 0 Å². The Hall–Kier alpha value is -2.83. The third kappa shape index (κ3) is 3.74. The van der Waals surface area contributed by atoms with E-state index in [1.54, 1.807) is 7.11 Å². The third-order valence-electron chi connectivity index (χ3n) is 5.36. The van der Waals surface area contributed by atoms with Crippen molar-refractivity contribution in [3.05, 3.63) is 47.3 Å². The second kappa shape index (κ2) is 8.04. The van der Waals surface area contributed by atoms with Gasteiger partial charge in [-0.05, 0) is 31.9 Å². The molecule has 3 heterocycles. The Morgan fingerprint density at radius 1 is 1.25 bits per heavy atom. The van der Waals surface area contributed by atoms with Gasteiger partial charge in [0.1, 0.15) is 5.75 Å². The Kier molecular flexibility index (Phi) is 5.32. The zero-order valence-electron chi connectivity index (χ0n) is 16.3. The molecule has 4 rings (SSSR count). The van der Waals surface area contributed by atoms with E-state index in [0.29, 0.717) is 13.0 Å². The Balaban J connectivity index is 1.50. The summed E-state index contributed by atoms with van der Waals surface area (Å²) in [6.07, 6.45) is 3.86. The van der Waals surface area contributed by atoms with Crippen molar-refractivity contribution in [2.24, 2.45) is 5.16 Å². The molecule has 0 bridgehead atoms. The van der Waals surface area contributed by atoms with Gasteiger partial charge in [-0.3, -0.25) is 4.79 Å². The molecule has 2 aromatic rings. The summed E-state index contributed by atoms with van der Waals surface area (Å²) in [6.45, 7) is 2.59. The number of likely N-dealkylation sites (tertiary alicyclic amines) is 1. The van der Waals surface area contributed by atoms with Crippen molar-refractivity contribution < 1.29 is 18.9 Å². The minimum atomic E-state index is -0.606. The molecule has 2 aliphatic heterocycles. The van der Waals surface area contributed by atoms with Gasteiger partial charge < -0.3 is 19.0 Å². The van der Waals surface area contributed by atoms with Crippen molar-refractivity contribution in [3.8, 4) is 5.75 Å². The van der Waals surface area contributed by atoms with Crippen molar-refractivity contribution in [1.82, 2.24) is 10.1 Å². The standard InChI is InChI=1S/C21H25N3O4/c1-14-11-19(27-22-14)18-9-4-3-5-10-24(18)21(25)20-13-17(23-28-20)15-7-6-8-16(12-15)26-2/h6-8,11-12,18,20H,3-5,9-10,13H2,1-2H3. The van der Waals surface area contributed by atoms with Crippen LogP contribution in [-0.2, 0) is 9.63 Å². The van der Waals surface area contributed by atoms with Gasteiger partial charge in [0.2, 0.25) is 6.10 Å². The van der Waals surface area contributed by atoms with E-state index in [1.165, 1.54) is 0 Å². The van der Waals surface area contributed by atoms with Crippen LogP contribution >= 0.6 is 0 Å². The normalized spacial score (nSPS) is 22.4. The van der Waals surface area contributed by atoms with Crippen LogP contribution in [0, 0.1) is 6.92 Å². The fourth-order valence-corrected chi connectivity index (χ4v) is 3.88. The highest BCUT2D eigenvalue weighted by Crippen LogP contribution is 2.32. The quantitative estimate of drug-likeness (QED) is 0.806. The first-order valence-electron chi connectivity index (χ1n) is 9.76. The molecule has 148 valence electrons. The summed E-state index contributed by atoms with van der Waals surface area (Å²) in [4.78, 5) is 20.7. The van der Waals surface area contributed by atoms with Crippen molar-refractivity contribution in [3.63, 3.8) is 0 Å². The van der Waals surface area contributed by atoms with Crippen LogP contribution in [0.2, 0.25) is 0 Å². The number of ether oxygens (including phenoxy) is 1. The molecule has 0 radical (unpaired) electrons. The van der Waals surface area contributed by atoms with Crippen LogP contribution in [0.1, 0.15) is 55.2 Å². The first-order valence-corrected chi connectivity index (χ1v) is 9.76. The summed E-state index contributed by atoms with van der Waals surface area (Å²) in [5.74, 6) is 1.46. The molecule has 2 aliphatic rings. The monoisotopic (exact) mass is 383 g/mol. The lowest BCUT2D eigenvalue weighted by Crippen LogP contribution is -2.41. The van der Waals surface area contributed by atoms with E-state index in [9.17, 15) is 4.79 Å². The summed E-state index contributed by atoms with van der Waals surface area (Å²) in [5, 5.41) is 8.18. The lowest BCUT2D eigenvalue weighted by molar-refractivity contribution is -0.145. The number of hydrogen-bond donors (Lipinski definition) is 0. The van der Waals surface area contributed by atoms with E-state index in [4.69, 9.17) is 14.1 Å². The maximum absolute atomic E-state index is 13.3. The highest BCUT2D eigenvalue weighted by Gasteiger charge is 2.37. The van der Waals surface area contributed by atoms with Gasteiger partial charge in [0.15, 0.2) is 5.76 Å². The van der Waals surface area contributed by atoms with Crippen molar-refractivity contribution in [2.75, 3.05) is 13.7 Å². The molecule has 2 atom stereocenters. The number of rotatable bonds is 4. The number of amides is 1. The molecule has 1 aromatic carbocycles. The van der Waals surface area contributed by atoms with Crippen LogP contribution in [-0.4, -0.2) is 41.4 Å². The molecule has 28 heavy (non-hydrogen) atoms. The largest absolute Gasteiger partial charge is 0.497 e. The van der Waals surface area contributed by atoms with Gasteiger partial charge in [0.25, 0.3) is 5.91 Å². The molecule has 1 amide bonds. The van der Waals surface area contributed by atoms with Crippen LogP contribution < -0.4 is 4.74 Å². The van der Waals surface area contributed by atoms with E-state index < -0.39 is 6.10 Å². The molecular weight excluding hydrogens is 358 g/mol. The van der Waals surface area contributed by atoms with Gasteiger partial charge in [-0.25, -0.2) is 0 Å². The lowest BCUT2D eigenvalue weighted by atomic mass is 10.0. The summed E-state index contributed by atoms with van der Waals surface area (Å²) >= 11 is 0. The fourth-order valence-electron chi connectivity index (χ4n) is 3.88. The van der Waals surface area contributed by atoms with Crippen molar-refractivity contribution in [2.45, 2.75) is 51.2 Å². The number of carbonyl (C=O) groups is 1. The van der Waals surface area contributed by atoms with Gasteiger partial charge in [-0.15, -0.1) is 0 Å². The minimum Gasteiger partial charge on any atom is -0.497 e. The highest BCUT2D eigenvalue weighted by atomic mass is 16.6. The van der Waals surface area contributed by atoms with Crippen LogP contribution in [0.3, 0.4) is 0 Å². The van der Waals surface area contributed by atoms with Gasteiger partial charge >= 0.3 is 0 Å². The first-order chi connectivity index (χ1) is 13.7. The Bertz CT molecular complexity index is 876. The summed E-state index contributed by atoms with van der Waals surface area (Å²) < 4.78 is 10.8. The number of methoxy groups -OCH3 is 1. The molecule has 1 saturated heterocycles. The summed E-state index contributed by atoms with van der Waals surface area (Å²) in [5.41, 5.74) is 2.50. The maximum atomic E-state index is 13.3. The highest BCUT2D eigenvalue weighted by molar-refractivity contribution is 6.04. The molecule has 0 spiro atoms. The van der Waals surface area contributed by atoms with Crippen LogP contribution in [0.4, 0.5) is 0 Å². The molecule has 7 heteroatoms. The van der Waals surface area contributed by atoms with Crippen molar-refractivity contribution >= 4 is 11.6 Å². The SMILES string of the molecule is COc1cccc(C2=NOC(C(=O)N3CCCCCC3c3cc(C)no3)C2)c1. The molecule has 0 saturated carbocycles. The second-order valence-electron chi connectivity index (χ2n) is 7.34. The molecular formula is C21H25N3O4. The average Bonchev–Trinajstić information content (AvgIpc) is 3.31. The summed E-state index contributed by atoms with van der Waals surface area (Å²) in [6, 6.07) is 9.46. The van der Waals surface area contributed by atoms with E-state index in [2.05, 4.69) is 10.3 Å². The molecule has 1 fully saturated rings. The minimum absolute atomic E-state index is 0.0393.